The van der Waals surface area contributed by atoms with Crippen molar-refractivity contribution in [2.45, 2.75) is 84.5 Å². The highest BCUT2D eigenvalue weighted by molar-refractivity contribution is 6.74. The molecule has 0 saturated heterocycles. The molecule has 2 rings (SSSR count). The monoisotopic (exact) mass is 571 g/mol. The molecule has 8 heteroatoms. The van der Waals surface area contributed by atoms with Gasteiger partial charge >= 0.3 is 5.97 Å². The average Bonchev–Trinajstić information content (AvgIpc) is 2.90. The Bertz CT molecular complexity index is 1070. The summed E-state index contributed by atoms with van der Waals surface area (Å²) in [7, 11) is 0.989. The lowest BCUT2D eigenvalue weighted by Crippen LogP contribution is -2.48. The highest BCUT2D eigenvalue weighted by atomic mass is 28.4. The number of benzene rings is 2. The van der Waals surface area contributed by atoms with E-state index in [4.69, 9.17) is 18.6 Å². The number of methoxy groups -OCH3 is 2. The molecule has 40 heavy (non-hydrogen) atoms. The average molecular weight is 572 g/mol. The van der Waals surface area contributed by atoms with E-state index in [2.05, 4.69) is 46.0 Å². The highest BCUT2D eigenvalue weighted by Crippen LogP contribution is 2.38. The van der Waals surface area contributed by atoms with E-state index in [-0.39, 0.29) is 29.4 Å². The molecule has 0 aliphatic rings. The van der Waals surface area contributed by atoms with Crippen LogP contribution in [-0.2, 0) is 20.4 Å². The van der Waals surface area contributed by atoms with Gasteiger partial charge in [0.25, 0.3) is 5.91 Å². The van der Waals surface area contributed by atoms with Crippen LogP contribution in [0.15, 0.2) is 42.5 Å². The van der Waals surface area contributed by atoms with Crippen LogP contribution in [0.2, 0.25) is 18.1 Å². The molecule has 0 aromatic heterocycles. The summed E-state index contributed by atoms with van der Waals surface area (Å²) in [6.07, 6.45) is 2.06. The Morgan fingerprint density at radius 1 is 1.00 bits per heavy atom. The number of ether oxygens (including phenoxy) is 3. The molecule has 0 radical (unpaired) electrons. The van der Waals surface area contributed by atoms with Gasteiger partial charge in [-0.25, -0.2) is 0 Å². The van der Waals surface area contributed by atoms with E-state index in [1.165, 1.54) is 5.56 Å². The van der Waals surface area contributed by atoms with Gasteiger partial charge in [-0.15, -0.1) is 0 Å². The number of carbonyl (C=O) groups excluding carboxylic acids is 2. The summed E-state index contributed by atoms with van der Waals surface area (Å²) in [4.78, 5) is 28.2. The van der Waals surface area contributed by atoms with Crippen molar-refractivity contribution in [3.05, 3.63) is 59.2 Å². The first-order valence-electron chi connectivity index (χ1n) is 14.2. The molecule has 2 aromatic carbocycles. The van der Waals surface area contributed by atoms with Gasteiger partial charge in [0.15, 0.2) is 8.32 Å². The van der Waals surface area contributed by atoms with Gasteiger partial charge in [-0.05, 0) is 68.9 Å². The lowest BCUT2D eigenvalue weighted by molar-refractivity contribution is -0.143. The maximum atomic E-state index is 14.1. The molecular formula is C32H49NO6Si. The predicted octanol–water partition coefficient (Wildman–Crippen LogP) is 6.82. The number of rotatable bonds is 15. The van der Waals surface area contributed by atoms with Crippen LogP contribution in [0.25, 0.3) is 0 Å². The molecule has 1 atom stereocenters. The number of esters is 1. The zero-order valence-electron chi connectivity index (χ0n) is 26.0. The molecule has 0 heterocycles. The van der Waals surface area contributed by atoms with Crippen LogP contribution < -0.4 is 9.47 Å². The van der Waals surface area contributed by atoms with E-state index in [0.717, 1.165) is 18.4 Å². The minimum atomic E-state index is -2.19. The Labute approximate surface area is 242 Å². The maximum absolute atomic E-state index is 14.1. The normalized spacial score (nSPS) is 12.5. The number of carbonyl (C=O) groups is 2. The van der Waals surface area contributed by atoms with E-state index < -0.39 is 8.32 Å². The van der Waals surface area contributed by atoms with Crippen LogP contribution in [0.1, 0.15) is 68.4 Å². The summed E-state index contributed by atoms with van der Waals surface area (Å²) in [5.74, 6) is 0.831. The Kier molecular flexibility index (Phi) is 12.7. The van der Waals surface area contributed by atoms with Gasteiger partial charge in [-0.1, -0.05) is 51.1 Å². The molecule has 0 N–H and O–H groups in total. The van der Waals surface area contributed by atoms with E-state index in [1.807, 2.05) is 30.0 Å². The minimum absolute atomic E-state index is 0.0188. The number of amides is 1. The molecule has 1 amide bonds. The van der Waals surface area contributed by atoms with Gasteiger partial charge in [0.2, 0.25) is 0 Å². The van der Waals surface area contributed by atoms with E-state index in [9.17, 15) is 9.59 Å². The van der Waals surface area contributed by atoms with Crippen molar-refractivity contribution >= 4 is 20.2 Å². The maximum Gasteiger partial charge on any atom is 0.305 e. The summed E-state index contributed by atoms with van der Waals surface area (Å²) < 4.78 is 23.1. The predicted molar refractivity (Wildman–Crippen MR) is 163 cm³/mol. The zero-order chi connectivity index (χ0) is 29.9. The van der Waals surface area contributed by atoms with Crippen molar-refractivity contribution in [3.63, 3.8) is 0 Å². The fourth-order valence-electron chi connectivity index (χ4n) is 4.33. The first-order chi connectivity index (χ1) is 18.8. The SMILES string of the molecule is CCOC(=O)CC[C@H](CN(CCCc1ccccc1)C(=O)c1cc(OC)c(C)c(OC)c1)O[Si](C)(C)C(C)(C)C. The molecule has 0 saturated carbocycles. The summed E-state index contributed by atoms with van der Waals surface area (Å²) in [6, 6.07) is 13.8. The second-order valence-electron chi connectivity index (χ2n) is 11.7. The van der Waals surface area contributed by atoms with Gasteiger partial charge in [0.05, 0.1) is 26.9 Å². The van der Waals surface area contributed by atoms with Crippen LogP contribution in [0.5, 0.6) is 11.5 Å². The Balaban J connectivity index is 2.39. The van der Waals surface area contributed by atoms with Crippen LogP contribution in [0, 0.1) is 6.92 Å². The Morgan fingerprint density at radius 2 is 1.60 bits per heavy atom. The summed E-state index contributed by atoms with van der Waals surface area (Å²) in [6.45, 7) is 15.9. The summed E-state index contributed by atoms with van der Waals surface area (Å²) >= 11 is 0. The van der Waals surface area contributed by atoms with Crippen molar-refractivity contribution in [1.29, 1.82) is 0 Å². The quantitative estimate of drug-likeness (QED) is 0.172. The topological polar surface area (TPSA) is 74.3 Å². The largest absolute Gasteiger partial charge is 0.496 e. The first kappa shape index (κ1) is 33.4. The Hall–Kier alpha value is -2.84. The molecule has 0 fully saturated rings. The van der Waals surface area contributed by atoms with Crippen LogP contribution in [0.3, 0.4) is 0 Å². The molecule has 0 bridgehead atoms. The third-order valence-electron chi connectivity index (χ3n) is 7.69. The summed E-state index contributed by atoms with van der Waals surface area (Å²) in [5.41, 5.74) is 2.56. The third kappa shape index (κ3) is 9.66. The molecule has 0 aliphatic heterocycles. The van der Waals surface area contributed by atoms with Gasteiger partial charge in [0, 0.05) is 30.6 Å². The molecule has 2 aromatic rings. The molecule has 0 aliphatic carbocycles. The molecule has 0 unspecified atom stereocenters. The lowest BCUT2D eigenvalue weighted by Gasteiger charge is -2.40. The van der Waals surface area contributed by atoms with Crippen LogP contribution in [0.4, 0.5) is 0 Å². The third-order valence-corrected chi connectivity index (χ3v) is 12.2. The van der Waals surface area contributed by atoms with E-state index in [0.29, 0.717) is 43.2 Å². The van der Waals surface area contributed by atoms with Crippen molar-refractivity contribution in [1.82, 2.24) is 4.90 Å². The number of aryl methyl sites for hydroxylation is 1. The van der Waals surface area contributed by atoms with Gasteiger partial charge in [0.1, 0.15) is 11.5 Å². The summed E-state index contributed by atoms with van der Waals surface area (Å²) in [5, 5.41) is -0.0188. The second kappa shape index (κ2) is 15.2. The Morgan fingerprint density at radius 3 is 2.12 bits per heavy atom. The van der Waals surface area contributed by atoms with Gasteiger partial charge in [-0.2, -0.15) is 0 Å². The fourth-order valence-corrected chi connectivity index (χ4v) is 5.70. The molecular weight excluding hydrogens is 522 g/mol. The number of nitrogens with zero attached hydrogens (tertiary/aromatic N) is 1. The van der Waals surface area contributed by atoms with Crippen LogP contribution in [-0.4, -0.2) is 65.1 Å². The van der Waals surface area contributed by atoms with Crippen molar-refractivity contribution in [3.8, 4) is 11.5 Å². The smallest absolute Gasteiger partial charge is 0.305 e. The van der Waals surface area contributed by atoms with Crippen molar-refractivity contribution in [2.24, 2.45) is 0 Å². The van der Waals surface area contributed by atoms with Gasteiger partial charge < -0.3 is 23.5 Å². The van der Waals surface area contributed by atoms with E-state index >= 15 is 0 Å². The van der Waals surface area contributed by atoms with Crippen LogP contribution >= 0.6 is 0 Å². The van der Waals surface area contributed by atoms with Crippen molar-refractivity contribution in [2.75, 3.05) is 33.9 Å². The molecule has 222 valence electrons. The second-order valence-corrected chi connectivity index (χ2v) is 16.4. The van der Waals surface area contributed by atoms with E-state index in [1.54, 1.807) is 33.3 Å². The number of hydrogen-bond donors (Lipinski definition) is 0. The fraction of sp³-hybridized carbons (Fsp3) is 0.562. The first-order valence-corrected chi connectivity index (χ1v) is 17.1. The highest BCUT2D eigenvalue weighted by Gasteiger charge is 2.40. The lowest BCUT2D eigenvalue weighted by atomic mass is 10.1. The standard InChI is InChI=1S/C32H49NO6Si/c1-10-38-30(34)19-18-27(39-40(8,9)32(3,4)5)23-33(20-14-17-25-15-12-11-13-16-25)31(35)26-21-28(36-6)24(2)29(22-26)37-7/h11-13,15-16,21-22,27H,10,14,17-20,23H2,1-9H3/t27-/m1/s1. The zero-order valence-corrected chi connectivity index (χ0v) is 27.0. The van der Waals surface area contributed by atoms with Gasteiger partial charge in [-0.3, -0.25) is 9.59 Å². The molecule has 0 spiro atoms. The minimum Gasteiger partial charge on any atom is -0.496 e. The molecule has 7 nitrogen and oxygen atoms in total. The van der Waals surface area contributed by atoms with Crippen molar-refractivity contribution < 1.29 is 28.2 Å². The number of hydrogen-bond acceptors (Lipinski definition) is 6.